The van der Waals surface area contributed by atoms with E-state index in [1.807, 2.05) is 30.3 Å². The normalized spacial score (nSPS) is 14.5. The summed E-state index contributed by atoms with van der Waals surface area (Å²) >= 11 is 0. The lowest BCUT2D eigenvalue weighted by Gasteiger charge is -2.15. The van der Waals surface area contributed by atoms with Crippen LogP contribution in [0.25, 0.3) is 10.8 Å². The van der Waals surface area contributed by atoms with Crippen molar-refractivity contribution in [1.29, 1.82) is 5.26 Å². The zero-order chi connectivity index (χ0) is 14.5. The lowest BCUT2D eigenvalue weighted by molar-refractivity contribution is 0.683. The maximum atomic E-state index is 9.19. The molecule has 0 spiro atoms. The van der Waals surface area contributed by atoms with E-state index in [-0.39, 0.29) is 0 Å². The van der Waals surface area contributed by atoms with Crippen LogP contribution >= 0.6 is 0 Å². The molecule has 0 amide bonds. The van der Waals surface area contributed by atoms with Crippen molar-refractivity contribution in [2.24, 2.45) is 0 Å². The molecule has 21 heavy (non-hydrogen) atoms. The maximum Gasteiger partial charge on any atom is 0.0998 e. The third kappa shape index (κ3) is 3.07. The molecule has 0 atom stereocenters. The van der Waals surface area contributed by atoms with Crippen LogP contribution < -0.4 is 10.6 Å². The van der Waals surface area contributed by atoms with E-state index in [1.54, 1.807) is 0 Å². The minimum Gasteiger partial charge on any atom is -0.384 e. The van der Waals surface area contributed by atoms with Crippen molar-refractivity contribution in [3.63, 3.8) is 0 Å². The Morgan fingerprint density at radius 1 is 1.14 bits per heavy atom. The van der Waals surface area contributed by atoms with E-state index < -0.39 is 0 Å². The van der Waals surface area contributed by atoms with E-state index in [4.69, 9.17) is 0 Å². The lowest BCUT2D eigenvalue weighted by Crippen LogP contribution is -2.21. The minimum atomic E-state index is 0.734. The van der Waals surface area contributed by atoms with Gasteiger partial charge in [-0.15, -0.1) is 0 Å². The molecule has 0 saturated carbocycles. The van der Waals surface area contributed by atoms with Crippen LogP contribution in [0.3, 0.4) is 0 Å². The molecule has 106 valence electrons. The first-order valence-corrected chi connectivity index (χ1v) is 7.43. The van der Waals surface area contributed by atoms with Crippen LogP contribution in [0.4, 0.5) is 5.69 Å². The number of anilines is 1. The molecule has 0 bridgehead atoms. The summed E-state index contributed by atoms with van der Waals surface area (Å²) < 4.78 is 0. The van der Waals surface area contributed by atoms with Gasteiger partial charge in [-0.25, -0.2) is 0 Å². The fourth-order valence-corrected chi connectivity index (χ4v) is 2.81. The molecule has 0 unspecified atom stereocenters. The van der Waals surface area contributed by atoms with Gasteiger partial charge < -0.3 is 10.6 Å². The van der Waals surface area contributed by atoms with Gasteiger partial charge in [0.15, 0.2) is 0 Å². The van der Waals surface area contributed by atoms with Crippen LogP contribution in [0.2, 0.25) is 0 Å². The molecule has 1 heterocycles. The number of rotatable bonds is 4. The fraction of sp³-hybridized carbons (Fsp3) is 0.278. The van der Waals surface area contributed by atoms with Gasteiger partial charge >= 0.3 is 0 Å². The van der Waals surface area contributed by atoms with E-state index in [9.17, 15) is 5.26 Å². The molecular weight excluding hydrogens is 258 g/mol. The highest BCUT2D eigenvalue weighted by atomic mass is 14.9. The summed E-state index contributed by atoms with van der Waals surface area (Å²) in [6, 6.07) is 14.2. The standard InChI is InChI=1S/C18H19N3/c19-13-15-5-6-18(17-4-2-1-3-16(15)17)21-12-9-14-7-10-20-11-8-14/h1-7,20-21H,8-12H2. The van der Waals surface area contributed by atoms with Crippen molar-refractivity contribution in [1.82, 2.24) is 5.32 Å². The van der Waals surface area contributed by atoms with Gasteiger partial charge in [-0.1, -0.05) is 35.9 Å². The molecular formula is C18H19N3. The Labute approximate surface area is 125 Å². The van der Waals surface area contributed by atoms with E-state index in [2.05, 4.69) is 28.8 Å². The summed E-state index contributed by atoms with van der Waals surface area (Å²) in [4.78, 5) is 0. The number of nitrogens with one attached hydrogen (secondary N) is 2. The second-order valence-electron chi connectivity index (χ2n) is 5.31. The van der Waals surface area contributed by atoms with Crippen molar-refractivity contribution in [2.45, 2.75) is 12.8 Å². The SMILES string of the molecule is N#Cc1ccc(NCCC2=CCNCC2)c2ccccc12. The molecule has 2 aromatic carbocycles. The van der Waals surface area contributed by atoms with Crippen LogP contribution in [0, 0.1) is 11.3 Å². The monoisotopic (exact) mass is 277 g/mol. The molecule has 1 aliphatic rings. The van der Waals surface area contributed by atoms with Gasteiger partial charge in [0.05, 0.1) is 11.6 Å². The molecule has 3 rings (SSSR count). The Kier molecular flexibility index (Phi) is 4.18. The van der Waals surface area contributed by atoms with Crippen LogP contribution in [-0.2, 0) is 0 Å². The number of hydrogen-bond donors (Lipinski definition) is 2. The van der Waals surface area contributed by atoms with Crippen LogP contribution in [-0.4, -0.2) is 19.6 Å². The summed E-state index contributed by atoms with van der Waals surface area (Å²) in [6.07, 6.45) is 4.52. The molecule has 1 aliphatic heterocycles. The fourth-order valence-electron chi connectivity index (χ4n) is 2.81. The van der Waals surface area contributed by atoms with E-state index in [0.717, 1.165) is 54.5 Å². The van der Waals surface area contributed by atoms with Crippen molar-refractivity contribution in [2.75, 3.05) is 25.0 Å². The quantitative estimate of drug-likeness (QED) is 0.842. The van der Waals surface area contributed by atoms with Crippen LogP contribution in [0.15, 0.2) is 48.0 Å². The second kappa shape index (κ2) is 6.43. The van der Waals surface area contributed by atoms with Crippen LogP contribution in [0.5, 0.6) is 0 Å². The minimum absolute atomic E-state index is 0.734. The number of fused-ring (bicyclic) bond motifs is 1. The molecule has 3 nitrogen and oxygen atoms in total. The predicted octanol–water partition coefficient (Wildman–Crippen LogP) is 3.43. The highest BCUT2D eigenvalue weighted by Crippen LogP contribution is 2.26. The third-order valence-electron chi connectivity index (χ3n) is 3.96. The van der Waals surface area contributed by atoms with Gasteiger partial charge in [0.25, 0.3) is 0 Å². The van der Waals surface area contributed by atoms with Gasteiger partial charge in [-0.05, 0) is 31.5 Å². The topological polar surface area (TPSA) is 47.9 Å². The number of hydrogen-bond acceptors (Lipinski definition) is 3. The van der Waals surface area contributed by atoms with Gasteiger partial charge in [0, 0.05) is 29.5 Å². The number of benzene rings is 2. The highest BCUT2D eigenvalue weighted by Gasteiger charge is 2.06. The summed E-state index contributed by atoms with van der Waals surface area (Å²) in [5.41, 5.74) is 3.37. The second-order valence-corrected chi connectivity index (χ2v) is 5.31. The Bertz CT molecular complexity index is 710. The predicted molar refractivity (Wildman–Crippen MR) is 87.3 cm³/mol. The molecule has 0 aromatic heterocycles. The van der Waals surface area contributed by atoms with E-state index >= 15 is 0 Å². The smallest absolute Gasteiger partial charge is 0.0998 e. The Balaban J connectivity index is 1.75. The molecule has 0 fully saturated rings. The van der Waals surface area contributed by atoms with Crippen molar-refractivity contribution in [3.05, 3.63) is 53.6 Å². The first-order valence-electron chi connectivity index (χ1n) is 7.43. The molecule has 0 aliphatic carbocycles. The molecule has 2 N–H and O–H groups in total. The zero-order valence-corrected chi connectivity index (χ0v) is 12.0. The van der Waals surface area contributed by atoms with Crippen molar-refractivity contribution < 1.29 is 0 Å². The van der Waals surface area contributed by atoms with Gasteiger partial charge in [-0.2, -0.15) is 5.26 Å². The molecule has 2 aromatic rings. The summed E-state index contributed by atoms with van der Waals surface area (Å²) in [6.45, 7) is 3.02. The van der Waals surface area contributed by atoms with Crippen molar-refractivity contribution >= 4 is 16.5 Å². The molecule has 3 heteroatoms. The first kappa shape index (κ1) is 13.7. The van der Waals surface area contributed by atoms with Gasteiger partial charge in [0.1, 0.15) is 0 Å². The zero-order valence-electron chi connectivity index (χ0n) is 12.0. The summed E-state index contributed by atoms with van der Waals surface area (Å²) in [5.74, 6) is 0. The Morgan fingerprint density at radius 3 is 2.76 bits per heavy atom. The third-order valence-corrected chi connectivity index (χ3v) is 3.96. The van der Waals surface area contributed by atoms with Gasteiger partial charge in [0.2, 0.25) is 0 Å². The number of nitrogens with zero attached hydrogens (tertiary/aromatic N) is 1. The first-order chi connectivity index (χ1) is 10.4. The summed E-state index contributed by atoms with van der Waals surface area (Å²) in [7, 11) is 0. The highest BCUT2D eigenvalue weighted by molar-refractivity contribution is 5.97. The Hall–Kier alpha value is -2.31. The van der Waals surface area contributed by atoms with E-state index in [0.29, 0.717) is 0 Å². The molecule has 0 saturated heterocycles. The maximum absolute atomic E-state index is 9.19. The largest absolute Gasteiger partial charge is 0.384 e. The molecule has 0 radical (unpaired) electrons. The average Bonchev–Trinajstić information content (AvgIpc) is 2.56. The summed E-state index contributed by atoms with van der Waals surface area (Å²) in [5, 5.41) is 18.2. The van der Waals surface area contributed by atoms with E-state index in [1.165, 1.54) is 5.57 Å². The van der Waals surface area contributed by atoms with Crippen LogP contribution in [0.1, 0.15) is 18.4 Å². The average molecular weight is 277 g/mol. The van der Waals surface area contributed by atoms with Gasteiger partial charge in [-0.3, -0.25) is 0 Å². The number of nitriles is 1. The van der Waals surface area contributed by atoms with Crippen molar-refractivity contribution in [3.8, 4) is 6.07 Å². The Morgan fingerprint density at radius 2 is 2.00 bits per heavy atom. The lowest BCUT2D eigenvalue weighted by atomic mass is 10.0.